The summed E-state index contributed by atoms with van der Waals surface area (Å²) in [6.45, 7) is 2.22. The van der Waals surface area contributed by atoms with Crippen LogP contribution in [0, 0.1) is 0 Å². The fraction of sp³-hybridized carbons (Fsp3) is 1.00. The van der Waals surface area contributed by atoms with E-state index in [-0.39, 0.29) is 23.7 Å². The molecule has 1 aliphatic carbocycles. The highest BCUT2D eigenvalue weighted by molar-refractivity contribution is 7.91. The molecule has 0 amide bonds. The first-order valence-electron chi connectivity index (χ1n) is 5.10. The van der Waals surface area contributed by atoms with E-state index in [0.29, 0.717) is 6.54 Å². The topological polar surface area (TPSA) is 66.4 Å². The van der Waals surface area contributed by atoms with Crippen LogP contribution in [0.25, 0.3) is 0 Å². The Morgan fingerprint density at radius 1 is 1.43 bits per heavy atom. The predicted molar refractivity (Wildman–Crippen MR) is 56.0 cm³/mol. The fourth-order valence-corrected chi connectivity index (χ4v) is 2.31. The van der Waals surface area contributed by atoms with Gasteiger partial charge in [-0.25, -0.2) is 8.42 Å². The van der Waals surface area contributed by atoms with Gasteiger partial charge in [-0.15, -0.1) is 0 Å². The molecule has 4 nitrogen and oxygen atoms in total. The van der Waals surface area contributed by atoms with Gasteiger partial charge in [-0.3, -0.25) is 0 Å². The van der Waals surface area contributed by atoms with Gasteiger partial charge in [0, 0.05) is 17.8 Å². The number of hydrogen-bond donors (Lipinski definition) is 2. The summed E-state index contributed by atoms with van der Waals surface area (Å²) in [5.74, 6) is 0.367. The van der Waals surface area contributed by atoms with Crippen LogP contribution in [0.2, 0.25) is 0 Å². The third-order valence-electron chi connectivity index (χ3n) is 2.97. The molecule has 0 radical (unpaired) electrons. The molecule has 0 bridgehead atoms. The molecule has 1 rings (SSSR count). The molecule has 1 aliphatic rings. The average Bonchev–Trinajstić information content (AvgIpc) is 2.10. The van der Waals surface area contributed by atoms with E-state index < -0.39 is 9.84 Å². The van der Waals surface area contributed by atoms with Crippen LogP contribution in [0.15, 0.2) is 0 Å². The van der Waals surface area contributed by atoms with Gasteiger partial charge in [0.05, 0.1) is 12.4 Å². The standard InChI is InChI=1S/C9H19NO3S/c1-2-14(12,13)7-6-10-9(8-11)4-3-5-9/h10-11H,2-8H2,1H3. The number of sulfone groups is 1. The van der Waals surface area contributed by atoms with Crippen molar-refractivity contribution in [2.45, 2.75) is 31.7 Å². The summed E-state index contributed by atoms with van der Waals surface area (Å²) < 4.78 is 22.4. The Morgan fingerprint density at radius 3 is 2.43 bits per heavy atom. The van der Waals surface area contributed by atoms with Gasteiger partial charge in [0.15, 0.2) is 9.84 Å². The third-order valence-corrected chi connectivity index (χ3v) is 4.67. The van der Waals surface area contributed by atoms with Crippen molar-refractivity contribution in [2.24, 2.45) is 0 Å². The smallest absolute Gasteiger partial charge is 0.151 e. The van der Waals surface area contributed by atoms with E-state index in [1.54, 1.807) is 6.92 Å². The highest BCUT2D eigenvalue weighted by atomic mass is 32.2. The van der Waals surface area contributed by atoms with E-state index in [1.165, 1.54) is 0 Å². The molecule has 5 heteroatoms. The molecular weight excluding hydrogens is 202 g/mol. The van der Waals surface area contributed by atoms with Gasteiger partial charge in [-0.1, -0.05) is 6.92 Å². The minimum atomic E-state index is -2.88. The van der Waals surface area contributed by atoms with Gasteiger partial charge in [-0.2, -0.15) is 0 Å². The Kier molecular flexibility index (Phi) is 3.92. The minimum Gasteiger partial charge on any atom is -0.394 e. The van der Waals surface area contributed by atoms with Gasteiger partial charge in [0.2, 0.25) is 0 Å². The second kappa shape index (κ2) is 4.59. The molecule has 2 N–H and O–H groups in total. The number of nitrogens with one attached hydrogen (secondary N) is 1. The predicted octanol–water partition coefficient (Wildman–Crippen LogP) is -0.0743. The zero-order chi connectivity index (χ0) is 10.7. The van der Waals surface area contributed by atoms with E-state index in [2.05, 4.69) is 5.32 Å². The summed E-state index contributed by atoms with van der Waals surface area (Å²) in [6.07, 6.45) is 3.03. The highest BCUT2D eigenvalue weighted by Gasteiger charge is 2.35. The first-order valence-corrected chi connectivity index (χ1v) is 6.92. The molecule has 1 fully saturated rings. The summed E-state index contributed by atoms with van der Waals surface area (Å²) in [4.78, 5) is 0. The third kappa shape index (κ3) is 2.93. The summed E-state index contributed by atoms with van der Waals surface area (Å²) in [6, 6.07) is 0. The average molecular weight is 221 g/mol. The number of hydrogen-bond acceptors (Lipinski definition) is 4. The van der Waals surface area contributed by atoms with E-state index in [9.17, 15) is 8.42 Å². The Hall–Kier alpha value is -0.130. The lowest BCUT2D eigenvalue weighted by molar-refractivity contribution is 0.0910. The van der Waals surface area contributed by atoms with Crippen molar-refractivity contribution in [1.82, 2.24) is 5.32 Å². The van der Waals surface area contributed by atoms with Gasteiger partial charge < -0.3 is 10.4 Å². The molecule has 0 saturated heterocycles. The Bertz CT molecular complexity index is 264. The van der Waals surface area contributed by atoms with Gasteiger partial charge in [0.25, 0.3) is 0 Å². The van der Waals surface area contributed by atoms with E-state index in [4.69, 9.17) is 5.11 Å². The molecule has 0 aromatic carbocycles. The molecule has 14 heavy (non-hydrogen) atoms. The Morgan fingerprint density at radius 2 is 2.07 bits per heavy atom. The second-order valence-electron chi connectivity index (χ2n) is 3.96. The second-order valence-corrected chi connectivity index (χ2v) is 6.43. The maximum Gasteiger partial charge on any atom is 0.151 e. The van der Waals surface area contributed by atoms with Crippen LogP contribution < -0.4 is 5.32 Å². The van der Waals surface area contributed by atoms with Crippen molar-refractivity contribution in [3.05, 3.63) is 0 Å². The summed E-state index contributed by atoms with van der Waals surface area (Å²) in [5.41, 5.74) is -0.177. The largest absolute Gasteiger partial charge is 0.394 e. The van der Waals surface area contributed by atoms with Crippen LogP contribution in [-0.4, -0.2) is 43.7 Å². The van der Waals surface area contributed by atoms with Crippen molar-refractivity contribution in [1.29, 1.82) is 0 Å². The van der Waals surface area contributed by atoms with Crippen LogP contribution in [0.5, 0.6) is 0 Å². The van der Waals surface area contributed by atoms with Crippen LogP contribution in [0.3, 0.4) is 0 Å². The molecule has 0 aromatic heterocycles. The molecule has 84 valence electrons. The first kappa shape index (κ1) is 11.9. The Balaban J connectivity index is 2.27. The minimum absolute atomic E-state index is 0.110. The van der Waals surface area contributed by atoms with Gasteiger partial charge >= 0.3 is 0 Å². The van der Waals surface area contributed by atoms with Crippen LogP contribution in [0.1, 0.15) is 26.2 Å². The molecule has 0 spiro atoms. The van der Waals surface area contributed by atoms with Crippen molar-refractivity contribution in [3.8, 4) is 0 Å². The summed E-state index contributed by atoms with van der Waals surface area (Å²) >= 11 is 0. The zero-order valence-electron chi connectivity index (χ0n) is 8.62. The highest BCUT2D eigenvalue weighted by Crippen LogP contribution is 2.30. The fourth-order valence-electron chi connectivity index (χ4n) is 1.61. The zero-order valence-corrected chi connectivity index (χ0v) is 9.44. The van der Waals surface area contributed by atoms with Crippen molar-refractivity contribution in [3.63, 3.8) is 0 Å². The van der Waals surface area contributed by atoms with Crippen molar-refractivity contribution in [2.75, 3.05) is 24.7 Å². The number of aliphatic hydroxyl groups excluding tert-OH is 1. The van der Waals surface area contributed by atoms with E-state index in [1.807, 2.05) is 0 Å². The Labute approximate surface area is 85.6 Å². The lowest BCUT2D eigenvalue weighted by Gasteiger charge is -2.41. The summed E-state index contributed by atoms with van der Waals surface area (Å²) in [5, 5.41) is 12.3. The molecule has 0 aliphatic heterocycles. The maximum atomic E-state index is 11.2. The van der Waals surface area contributed by atoms with E-state index in [0.717, 1.165) is 19.3 Å². The number of rotatable bonds is 6. The van der Waals surface area contributed by atoms with Crippen molar-refractivity contribution >= 4 is 9.84 Å². The normalized spacial score (nSPS) is 20.4. The summed E-state index contributed by atoms with van der Waals surface area (Å²) in [7, 11) is -2.88. The van der Waals surface area contributed by atoms with Crippen molar-refractivity contribution < 1.29 is 13.5 Å². The SMILES string of the molecule is CCS(=O)(=O)CCNC1(CO)CCC1. The first-order chi connectivity index (χ1) is 6.54. The molecule has 0 aromatic rings. The van der Waals surface area contributed by atoms with Crippen LogP contribution in [-0.2, 0) is 9.84 Å². The van der Waals surface area contributed by atoms with Gasteiger partial charge in [-0.05, 0) is 19.3 Å². The lowest BCUT2D eigenvalue weighted by atomic mass is 9.77. The van der Waals surface area contributed by atoms with Crippen LogP contribution in [0.4, 0.5) is 0 Å². The molecule has 0 atom stereocenters. The van der Waals surface area contributed by atoms with E-state index >= 15 is 0 Å². The maximum absolute atomic E-state index is 11.2. The molecular formula is C9H19NO3S. The quantitative estimate of drug-likeness (QED) is 0.658. The molecule has 0 unspecified atom stereocenters. The monoisotopic (exact) mass is 221 g/mol. The van der Waals surface area contributed by atoms with Gasteiger partial charge in [0.1, 0.15) is 0 Å². The number of aliphatic hydroxyl groups is 1. The lowest BCUT2D eigenvalue weighted by Crippen LogP contribution is -2.55. The van der Waals surface area contributed by atoms with Crippen LogP contribution >= 0.6 is 0 Å². The molecule has 1 saturated carbocycles. The molecule has 0 heterocycles.